The molecule has 2 nitrogen and oxygen atoms in total. The smallest absolute Gasteiger partial charge is 0.135 e. The molecule has 1 atom stereocenters. The van der Waals surface area contributed by atoms with Crippen molar-refractivity contribution in [2.75, 3.05) is 0 Å². The van der Waals surface area contributed by atoms with Gasteiger partial charge in [0.2, 0.25) is 0 Å². The van der Waals surface area contributed by atoms with Gasteiger partial charge in [-0.3, -0.25) is 0 Å². The third kappa shape index (κ3) is 5.46. The highest BCUT2D eigenvalue weighted by Crippen LogP contribution is 2.57. The Kier molecular flexibility index (Phi) is 8.23. The summed E-state index contributed by atoms with van der Waals surface area (Å²) in [6.07, 6.45) is 0. The second-order valence-corrected chi connectivity index (χ2v) is 17.2. The number of aromatic nitrogens is 1. The van der Waals surface area contributed by atoms with Gasteiger partial charge in [0.1, 0.15) is 11.2 Å². The fourth-order valence-electron chi connectivity index (χ4n) is 11.0. The molecule has 0 saturated carbocycles. The molecule has 12 aromatic rings. The highest BCUT2D eigenvalue weighted by Gasteiger charge is 2.46. The van der Waals surface area contributed by atoms with E-state index < -0.39 is 5.41 Å². The standard InChI is InChI=1S/C62H41NO/c1-4-16-46(17-5-1)62(47-18-6-2-7-19-47)55-25-13-10-22-49(55)50-35-32-44(39-56(50)62)61(45-33-36-53-52-24-12-15-27-59(52)64-60(53)40-45)42-30-28-41(29-31-42)43-34-37-58-54(38-43)51-23-11-14-26-57(51)63(58)48-20-8-3-9-21-48/h1-40,61H. The number of hydrogen-bond donors (Lipinski definition) is 0. The van der Waals surface area contributed by atoms with Crippen LogP contribution in [0.25, 0.3) is 71.7 Å². The first-order valence-corrected chi connectivity index (χ1v) is 22.2. The fraction of sp³-hybridized carbons (Fsp3) is 0.0323. The predicted molar refractivity (Wildman–Crippen MR) is 265 cm³/mol. The molecular weight excluding hydrogens is 775 g/mol. The molecule has 2 heterocycles. The van der Waals surface area contributed by atoms with Crippen LogP contribution in [0, 0.1) is 0 Å². The van der Waals surface area contributed by atoms with Crippen molar-refractivity contribution in [3.05, 3.63) is 282 Å². The van der Waals surface area contributed by atoms with E-state index in [0.29, 0.717) is 0 Å². The van der Waals surface area contributed by atoms with Gasteiger partial charge in [-0.25, -0.2) is 0 Å². The van der Waals surface area contributed by atoms with E-state index in [9.17, 15) is 0 Å². The van der Waals surface area contributed by atoms with Crippen molar-refractivity contribution in [3.8, 4) is 27.9 Å². The molecule has 13 rings (SSSR count). The minimum absolute atomic E-state index is 0.0729. The van der Waals surface area contributed by atoms with Crippen LogP contribution >= 0.6 is 0 Å². The summed E-state index contributed by atoms with van der Waals surface area (Å²) in [5, 5.41) is 4.77. The average molecular weight is 816 g/mol. The van der Waals surface area contributed by atoms with E-state index >= 15 is 0 Å². The molecule has 0 aliphatic heterocycles. The van der Waals surface area contributed by atoms with Crippen LogP contribution < -0.4 is 0 Å². The van der Waals surface area contributed by atoms with Crippen molar-refractivity contribution >= 4 is 43.7 Å². The zero-order chi connectivity index (χ0) is 42.2. The van der Waals surface area contributed by atoms with Crippen molar-refractivity contribution in [2.24, 2.45) is 0 Å². The summed E-state index contributed by atoms with van der Waals surface area (Å²) in [4.78, 5) is 0. The summed E-state index contributed by atoms with van der Waals surface area (Å²) in [6.45, 7) is 0. The monoisotopic (exact) mass is 815 g/mol. The first-order valence-electron chi connectivity index (χ1n) is 22.2. The molecule has 2 heteroatoms. The summed E-state index contributed by atoms with van der Waals surface area (Å²) in [6, 6.07) is 89.2. The lowest BCUT2D eigenvalue weighted by Crippen LogP contribution is -2.28. The molecule has 64 heavy (non-hydrogen) atoms. The summed E-state index contributed by atoms with van der Waals surface area (Å²) in [7, 11) is 0. The molecule has 0 bridgehead atoms. The Hall–Kier alpha value is -8.20. The summed E-state index contributed by atoms with van der Waals surface area (Å²) < 4.78 is 8.93. The van der Waals surface area contributed by atoms with Gasteiger partial charge >= 0.3 is 0 Å². The average Bonchev–Trinajstić information content (AvgIpc) is 4.01. The molecular formula is C62H41NO. The SMILES string of the molecule is c1ccc(-n2c3ccccc3c3cc(-c4ccc(C(c5ccc6c(c5)C(c5ccccc5)(c5ccccc5)c5ccccc5-6)c5ccc6c(c5)oc5ccccc56)cc4)ccc32)cc1. The van der Waals surface area contributed by atoms with Crippen LogP contribution in [0.4, 0.5) is 0 Å². The van der Waals surface area contributed by atoms with Crippen molar-refractivity contribution in [3.63, 3.8) is 0 Å². The molecule has 2 aromatic heterocycles. The molecule has 10 aromatic carbocycles. The maximum atomic E-state index is 6.55. The third-order valence-corrected chi connectivity index (χ3v) is 13.8. The maximum Gasteiger partial charge on any atom is 0.135 e. The topological polar surface area (TPSA) is 18.1 Å². The van der Waals surface area contributed by atoms with E-state index in [1.54, 1.807) is 0 Å². The van der Waals surface area contributed by atoms with Crippen molar-refractivity contribution in [1.82, 2.24) is 4.57 Å². The molecule has 0 fully saturated rings. The van der Waals surface area contributed by atoms with E-state index in [1.165, 1.54) is 83.0 Å². The minimum atomic E-state index is -0.496. The second-order valence-electron chi connectivity index (χ2n) is 17.2. The Balaban J connectivity index is 0.992. The molecule has 0 radical (unpaired) electrons. The summed E-state index contributed by atoms with van der Waals surface area (Å²) in [5.74, 6) is -0.0729. The molecule has 1 unspecified atom stereocenters. The number of rotatable bonds is 7. The number of hydrogen-bond acceptors (Lipinski definition) is 1. The van der Waals surface area contributed by atoms with Crippen LogP contribution in [-0.2, 0) is 5.41 Å². The first-order chi connectivity index (χ1) is 31.7. The van der Waals surface area contributed by atoms with Gasteiger partial charge < -0.3 is 8.98 Å². The second kappa shape index (κ2) is 14.4. The lowest BCUT2D eigenvalue weighted by Gasteiger charge is -2.34. The Morgan fingerprint density at radius 1 is 0.344 bits per heavy atom. The van der Waals surface area contributed by atoms with Gasteiger partial charge in [-0.05, 0) is 104 Å². The normalized spacial score (nSPS) is 13.4. The van der Waals surface area contributed by atoms with Gasteiger partial charge in [0.15, 0.2) is 0 Å². The Morgan fingerprint density at radius 3 is 1.69 bits per heavy atom. The van der Waals surface area contributed by atoms with E-state index in [-0.39, 0.29) is 5.92 Å². The van der Waals surface area contributed by atoms with Crippen LogP contribution in [0.1, 0.15) is 44.9 Å². The predicted octanol–water partition coefficient (Wildman–Crippen LogP) is 15.9. The third-order valence-electron chi connectivity index (χ3n) is 13.8. The van der Waals surface area contributed by atoms with Crippen LogP contribution in [0.15, 0.2) is 247 Å². The number of para-hydroxylation sites is 3. The number of benzene rings is 10. The molecule has 1 aliphatic rings. The molecule has 1 aliphatic carbocycles. The number of fused-ring (bicyclic) bond motifs is 9. The Morgan fingerprint density at radius 2 is 0.906 bits per heavy atom. The van der Waals surface area contributed by atoms with Gasteiger partial charge in [-0.15, -0.1) is 0 Å². The maximum absolute atomic E-state index is 6.55. The molecule has 0 N–H and O–H groups in total. The first kappa shape index (κ1) is 36.5. The zero-order valence-corrected chi connectivity index (χ0v) is 35.0. The minimum Gasteiger partial charge on any atom is -0.456 e. The zero-order valence-electron chi connectivity index (χ0n) is 35.0. The van der Waals surface area contributed by atoms with Gasteiger partial charge in [-0.1, -0.05) is 200 Å². The molecule has 0 amide bonds. The lowest BCUT2D eigenvalue weighted by molar-refractivity contribution is 0.668. The summed E-state index contributed by atoms with van der Waals surface area (Å²) in [5.41, 5.74) is 18.6. The number of nitrogens with zero attached hydrogens (tertiary/aromatic N) is 1. The number of furan rings is 1. The Labute approximate surface area is 371 Å². The van der Waals surface area contributed by atoms with Gasteiger partial charge in [-0.2, -0.15) is 0 Å². The molecule has 300 valence electrons. The lowest BCUT2D eigenvalue weighted by atomic mass is 9.67. The fourth-order valence-corrected chi connectivity index (χ4v) is 11.0. The quantitative estimate of drug-likeness (QED) is 0.147. The summed E-state index contributed by atoms with van der Waals surface area (Å²) >= 11 is 0. The van der Waals surface area contributed by atoms with Gasteiger partial charge in [0, 0.05) is 33.2 Å². The largest absolute Gasteiger partial charge is 0.456 e. The highest BCUT2D eigenvalue weighted by molar-refractivity contribution is 6.10. The van der Waals surface area contributed by atoms with E-state index in [4.69, 9.17) is 4.42 Å². The highest BCUT2D eigenvalue weighted by atomic mass is 16.3. The molecule has 0 saturated heterocycles. The van der Waals surface area contributed by atoms with Crippen LogP contribution in [0.5, 0.6) is 0 Å². The van der Waals surface area contributed by atoms with E-state index in [1.807, 2.05) is 6.07 Å². The van der Waals surface area contributed by atoms with E-state index in [2.05, 4.69) is 241 Å². The Bertz CT molecular complexity index is 3670. The van der Waals surface area contributed by atoms with Crippen molar-refractivity contribution < 1.29 is 4.42 Å². The van der Waals surface area contributed by atoms with Gasteiger partial charge in [0.25, 0.3) is 0 Å². The molecule has 0 spiro atoms. The van der Waals surface area contributed by atoms with Gasteiger partial charge in [0.05, 0.1) is 16.4 Å². The van der Waals surface area contributed by atoms with Crippen molar-refractivity contribution in [1.29, 1.82) is 0 Å². The van der Waals surface area contributed by atoms with Crippen LogP contribution in [0.2, 0.25) is 0 Å². The van der Waals surface area contributed by atoms with Crippen molar-refractivity contribution in [2.45, 2.75) is 11.3 Å². The van der Waals surface area contributed by atoms with Crippen LogP contribution in [0.3, 0.4) is 0 Å². The van der Waals surface area contributed by atoms with E-state index in [0.717, 1.165) is 27.6 Å². The van der Waals surface area contributed by atoms with Crippen LogP contribution in [-0.4, -0.2) is 4.57 Å².